The molecule has 10 heteroatoms. The molecule has 1 unspecified atom stereocenters. The van der Waals surface area contributed by atoms with Crippen molar-refractivity contribution in [2.45, 2.75) is 37.9 Å². The van der Waals surface area contributed by atoms with E-state index in [9.17, 15) is 9.18 Å². The summed E-state index contributed by atoms with van der Waals surface area (Å²) in [6, 6.07) is 11.4. The minimum absolute atomic E-state index is 0.153. The van der Waals surface area contributed by atoms with Gasteiger partial charge in [0.05, 0.1) is 12.2 Å². The molecule has 2 atom stereocenters. The Labute approximate surface area is 246 Å². The van der Waals surface area contributed by atoms with Crippen LogP contribution in [-0.2, 0) is 17.8 Å². The van der Waals surface area contributed by atoms with Crippen LogP contribution in [0.3, 0.4) is 0 Å². The van der Waals surface area contributed by atoms with E-state index in [2.05, 4.69) is 33.2 Å². The van der Waals surface area contributed by atoms with E-state index in [0.717, 1.165) is 54.1 Å². The van der Waals surface area contributed by atoms with Crippen molar-refractivity contribution in [2.24, 2.45) is 0 Å². The summed E-state index contributed by atoms with van der Waals surface area (Å²) in [4.78, 5) is 34.5. The van der Waals surface area contributed by atoms with E-state index in [1.807, 2.05) is 30.3 Å². The van der Waals surface area contributed by atoms with Crippen molar-refractivity contribution >= 4 is 28.2 Å². The number of amides is 1. The van der Waals surface area contributed by atoms with Gasteiger partial charge in [-0.1, -0.05) is 30.8 Å². The molecule has 3 aromatic rings. The topological polar surface area (TPSA) is 69.4 Å². The fraction of sp³-hybridized carbons (Fsp3) is 0.438. The lowest BCUT2D eigenvalue weighted by Gasteiger charge is -2.41. The number of aromatic nitrogens is 2. The van der Waals surface area contributed by atoms with Crippen LogP contribution in [-0.4, -0.2) is 90.7 Å². The molecule has 0 radical (unpaired) electrons. The molecular weight excluding hydrogens is 533 g/mol. The molecule has 0 N–H and O–H groups in total. The first kappa shape index (κ1) is 27.9. The van der Waals surface area contributed by atoms with Crippen LogP contribution >= 0.6 is 0 Å². The van der Waals surface area contributed by atoms with Gasteiger partial charge in [0.15, 0.2) is 0 Å². The molecule has 4 heterocycles. The lowest BCUT2D eigenvalue weighted by atomic mass is 10.0. The third kappa shape index (κ3) is 5.37. The zero-order chi connectivity index (χ0) is 29.2. The van der Waals surface area contributed by atoms with Crippen LogP contribution in [0.4, 0.5) is 15.9 Å². The van der Waals surface area contributed by atoms with Crippen molar-refractivity contribution < 1.29 is 13.9 Å². The van der Waals surface area contributed by atoms with Crippen molar-refractivity contribution in [3.05, 3.63) is 77.5 Å². The lowest BCUT2D eigenvalue weighted by molar-refractivity contribution is -0.128. The number of piperazine rings is 1. The number of likely N-dealkylation sites (tertiary alicyclic amines) is 1. The van der Waals surface area contributed by atoms with Gasteiger partial charge in [-0.15, -0.1) is 0 Å². The zero-order valence-corrected chi connectivity index (χ0v) is 24.0. The summed E-state index contributed by atoms with van der Waals surface area (Å²) in [5, 5.41) is 1.48. The first-order valence-corrected chi connectivity index (χ1v) is 14.6. The van der Waals surface area contributed by atoms with Crippen molar-refractivity contribution in [1.82, 2.24) is 19.8 Å². The van der Waals surface area contributed by atoms with Crippen LogP contribution in [0.25, 0.3) is 15.6 Å². The predicted octanol–water partition coefficient (Wildman–Crippen LogP) is 3.93. The molecule has 0 aliphatic carbocycles. The van der Waals surface area contributed by atoms with Gasteiger partial charge in [-0.2, -0.15) is 9.97 Å². The van der Waals surface area contributed by atoms with Crippen molar-refractivity contribution in [1.29, 1.82) is 0 Å². The predicted molar refractivity (Wildman–Crippen MR) is 161 cm³/mol. The second-order valence-electron chi connectivity index (χ2n) is 11.3. The highest BCUT2D eigenvalue weighted by Gasteiger charge is 2.35. The quantitative estimate of drug-likeness (QED) is 0.316. The molecule has 218 valence electrons. The normalized spacial score (nSPS) is 20.8. The van der Waals surface area contributed by atoms with Crippen LogP contribution in [0.1, 0.15) is 24.1 Å². The van der Waals surface area contributed by atoms with Crippen LogP contribution < -0.4 is 14.5 Å². The smallest absolute Gasteiger partial charge is 0.318 e. The summed E-state index contributed by atoms with van der Waals surface area (Å²) in [6.45, 7) is 15.8. The molecule has 2 fully saturated rings. The molecule has 2 saturated heterocycles. The maximum atomic E-state index is 14.6. The number of ether oxygens (including phenoxy) is 1. The van der Waals surface area contributed by atoms with Crippen LogP contribution in [0.5, 0.6) is 6.01 Å². The minimum atomic E-state index is -0.255. The largest absolute Gasteiger partial charge is 0.462 e. The van der Waals surface area contributed by atoms with Gasteiger partial charge in [0.1, 0.15) is 24.3 Å². The fourth-order valence-electron chi connectivity index (χ4n) is 6.52. The molecular formula is C32H36FN7O2. The molecule has 1 aromatic heterocycles. The number of likely N-dealkylation sites (N-methyl/N-ethyl adjacent to an activating group) is 1. The fourth-order valence-corrected chi connectivity index (χ4v) is 6.52. The third-order valence-electron chi connectivity index (χ3n) is 8.83. The van der Waals surface area contributed by atoms with Gasteiger partial charge in [-0.3, -0.25) is 4.79 Å². The van der Waals surface area contributed by atoms with Crippen LogP contribution in [0.2, 0.25) is 0 Å². The van der Waals surface area contributed by atoms with E-state index in [1.165, 1.54) is 12.1 Å². The van der Waals surface area contributed by atoms with Gasteiger partial charge in [0, 0.05) is 54.2 Å². The molecule has 3 aliphatic heterocycles. The van der Waals surface area contributed by atoms with Gasteiger partial charge in [0.25, 0.3) is 0 Å². The number of anilines is 2. The Kier molecular flexibility index (Phi) is 7.94. The number of fused-ring (bicyclic) bond motifs is 2. The van der Waals surface area contributed by atoms with Gasteiger partial charge < -0.3 is 29.2 Å². The molecule has 0 saturated carbocycles. The molecule has 42 heavy (non-hydrogen) atoms. The van der Waals surface area contributed by atoms with Crippen LogP contribution in [0, 0.1) is 12.4 Å². The molecule has 1 amide bonds. The average Bonchev–Trinajstić information content (AvgIpc) is 3.43. The summed E-state index contributed by atoms with van der Waals surface area (Å²) in [5.74, 6) is 0.436. The second-order valence-corrected chi connectivity index (χ2v) is 11.3. The highest BCUT2D eigenvalue weighted by Crippen LogP contribution is 2.35. The Bertz CT molecular complexity index is 1540. The number of hydrogen-bond donors (Lipinski definition) is 0. The lowest BCUT2D eigenvalue weighted by Crippen LogP contribution is -2.56. The number of halogens is 1. The van der Waals surface area contributed by atoms with Crippen LogP contribution in [0.15, 0.2) is 49.1 Å². The van der Waals surface area contributed by atoms with Gasteiger partial charge in [-0.05, 0) is 51.1 Å². The molecule has 6 rings (SSSR count). The molecule has 0 spiro atoms. The van der Waals surface area contributed by atoms with E-state index in [0.29, 0.717) is 56.6 Å². The standard InChI is InChI=1S/C32H36FN7O2/c1-4-30(41)40-17-16-39(19-23(40)18-34-2)31-26-13-15-38(29-12-11-27(33)24-9-5-6-10-25(24)29)20-28(26)35-32(36-31)42-21-22-8-7-14-37(22)3/h4-6,9-12,22-23H,1,7-8,13-21H2,3H3/t22-,23?/m0/s1. The van der Waals surface area contributed by atoms with E-state index >= 15 is 0 Å². The molecule has 2 aromatic carbocycles. The summed E-state index contributed by atoms with van der Waals surface area (Å²) in [6.07, 6.45) is 4.26. The van der Waals surface area contributed by atoms with Crippen molar-refractivity contribution in [3.63, 3.8) is 0 Å². The van der Waals surface area contributed by atoms with E-state index in [4.69, 9.17) is 21.3 Å². The Balaban J connectivity index is 1.33. The summed E-state index contributed by atoms with van der Waals surface area (Å²) in [5.41, 5.74) is 2.93. The summed E-state index contributed by atoms with van der Waals surface area (Å²) < 4.78 is 20.8. The summed E-state index contributed by atoms with van der Waals surface area (Å²) >= 11 is 0. The molecule has 9 nitrogen and oxygen atoms in total. The molecule has 3 aliphatic rings. The third-order valence-corrected chi connectivity index (χ3v) is 8.83. The minimum Gasteiger partial charge on any atom is -0.462 e. The average molecular weight is 570 g/mol. The molecule has 0 bridgehead atoms. The monoisotopic (exact) mass is 569 g/mol. The highest BCUT2D eigenvalue weighted by molar-refractivity contribution is 5.94. The van der Waals surface area contributed by atoms with Crippen molar-refractivity contribution in [2.75, 3.05) is 62.7 Å². The maximum Gasteiger partial charge on any atom is 0.318 e. The van der Waals surface area contributed by atoms with Gasteiger partial charge in [-0.25, -0.2) is 11.0 Å². The number of rotatable bonds is 7. The highest BCUT2D eigenvalue weighted by atomic mass is 19.1. The van der Waals surface area contributed by atoms with Gasteiger partial charge >= 0.3 is 6.01 Å². The number of nitrogens with zero attached hydrogens (tertiary/aromatic N) is 7. The first-order chi connectivity index (χ1) is 20.5. The Morgan fingerprint density at radius 3 is 2.71 bits per heavy atom. The Hall–Kier alpha value is -4.23. The number of carbonyl (C=O) groups excluding carboxylic acids is 1. The Morgan fingerprint density at radius 1 is 1.12 bits per heavy atom. The Morgan fingerprint density at radius 2 is 1.95 bits per heavy atom. The number of carbonyl (C=O) groups is 1. The van der Waals surface area contributed by atoms with E-state index in [-0.39, 0.29) is 24.3 Å². The number of hydrogen-bond acceptors (Lipinski definition) is 7. The maximum absolute atomic E-state index is 14.6. The van der Waals surface area contributed by atoms with E-state index in [1.54, 1.807) is 4.90 Å². The van der Waals surface area contributed by atoms with Crippen molar-refractivity contribution in [3.8, 4) is 6.01 Å². The van der Waals surface area contributed by atoms with E-state index < -0.39 is 0 Å². The SMILES string of the molecule is [C-]#[N+]CC1CN(c2nc(OC[C@@H]3CCCN3C)nc3c2CCN(c2ccc(F)c4ccccc24)C3)CCN1C(=O)C=C. The summed E-state index contributed by atoms with van der Waals surface area (Å²) in [7, 11) is 2.12. The second kappa shape index (κ2) is 11.9. The zero-order valence-electron chi connectivity index (χ0n) is 24.0. The number of benzene rings is 2. The first-order valence-electron chi connectivity index (χ1n) is 14.6. The van der Waals surface area contributed by atoms with Gasteiger partial charge in [0.2, 0.25) is 12.5 Å².